The average Bonchev–Trinajstić information content (AvgIpc) is 3.58. The van der Waals surface area contributed by atoms with Crippen molar-refractivity contribution >= 4 is 17.6 Å². The van der Waals surface area contributed by atoms with Crippen LogP contribution in [-0.2, 0) is 11.8 Å². The first-order valence-electron chi connectivity index (χ1n) is 11.2. The van der Waals surface area contributed by atoms with Gasteiger partial charge in [0.05, 0.1) is 41.0 Å². The summed E-state index contributed by atoms with van der Waals surface area (Å²) in [5, 5.41) is 16.8. The van der Waals surface area contributed by atoms with Crippen LogP contribution < -0.4 is 5.32 Å². The molecule has 1 aliphatic carbocycles. The Morgan fingerprint density at radius 2 is 1.85 bits per heavy atom. The highest BCUT2D eigenvalue weighted by atomic mass is 16.4. The van der Waals surface area contributed by atoms with Crippen molar-refractivity contribution in [2.45, 2.75) is 32.1 Å². The molecule has 34 heavy (non-hydrogen) atoms. The zero-order valence-electron chi connectivity index (χ0n) is 19.2. The SMILES string of the molecule is CC(C)c1cncc(Nc2c(-c3ccc(-c4ccc(C5CC5C(=O)O)cn4)cn3)cnn2C)n1. The van der Waals surface area contributed by atoms with Crippen LogP contribution in [0, 0.1) is 5.92 Å². The zero-order valence-corrected chi connectivity index (χ0v) is 19.2. The molecular formula is C25H25N7O2. The number of anilines is 2. The Hall–Kier alpha value is -4.14. The van der Waals surface area contributed by atoms with E-state index in [0.717, 1.165) is 39.6 Å². The number of nitrogens with one attached hydrogen (secondary N) is 1. The fourth-order valence-corrected chi connectivity index (χ4v) is 3.95. The third kappa shape index (κ3) is 4.24. The minimum atomic E-state index is -0.738. The number of hydrogen-bond donors (Lipinski definition) is 2. The van der Waals surface area contributed by atoms with Gasteiger partial charge in [0.2, 0.25) is 0 Å². The van der Waals surface area contributed by atoms with Gasteiger partial charge in [0.1, 0.15) is 11.6 Å². The third-order valence-corrected chi connectivity index (χ3v) is 6.09. The molecule has 1 fully saturated rings. The van der Waals surface area contributed by atoms with E-state index in [9.17, 15) is 4.79 Å². The van der Waals surface area contributed by atoms with Crippen LogP contribution in [0.5, 0.6) is 0 Å². The summed E-state index contributed by atoms with van der Waals surface area (Å²) in [6, 6.07) is 7.78. The van der Waals surface area contributed by atoms with Gasteiger partial charge in [0.15, 0.2) is 0 Å². The highest BCUT2D eigenvalue weighted by molar-refractivity contribution is 5.77. The summed E-state index contributed by atoms with van der Waals surface area (Å²) in [5.74, 6) is 0.752. The van der Waals surface area contributed by atoms with E-state index in [2.05, 4.69) is 44.2 Å². The van der Waals surface area contributed by atoms with Crippen molar-refractivity contribution in [2.75, 3.05) is 5.32 Å². The fraction of sp³-hybridized carbons (Fsp3) is 0.280. The van der Waals surface area contributed by atoms with Crippen LogP contribution in [0.1, 0.15) is 43.4 Å². The summed E-state index contributed by atoms with van der Waals surface area (Å²) in [6.07, 6.45) is 9.47. The summed E-state index contributed by atoms with van der Waals surface area (Å²) in [6.45, 7) is 4.16. The van der Waals surface area contributed by atoms with Gasteiger partial charge < -0.3 is 10.4 Å². The maximum Gasteiger partial charge on any atom is 0.307 e. The number of carbonyl (C=O) groups is 1. The molecule has 0 saturated heterocycles. The molecule has 0 aliphatic heterocycles. The third-order valence-electron chi connectivity index (χ3n) is 6.09. The van der Waals surface area contributed by atoms with Crippen molar-refractivity contribution in [1.82, 2.24) is 29.7 Å². The maximum atomic E-state index is 11.1. The minimum absolute atomic E-state index is 0.0713. The van der Waals surface area contributed by atoms with Crippen molar-refractivity contribution < 1.29 is 9.90 Å². The number of rotatable bonds is 7. The Labute approximate surface area is 197 Å². The van der Waals surface area contributed by atoms with Gasteiger partial charge in [-0.15, -0.1) is 0 Å². The standard InChI is InChI=1S/C25H25N7O2/c1-14(2)22-12-26-13-23(30-22)31-24-19(11-29-32(24)3)21-7-5-16(10-28-21)20-6-4-15(9-27-20)17-8-18(17)25(33)34/h4-7,9-14,17-18H,8H2,1-3H3,(H,30,31)(H,33,34). The Morgan fingerprint density at radius 1 is 1.06 bits per heavy atom. The molecule has 9 nitrogen and oxygen atoms in total. The van der Waals surface area contributed by atoms with Crippen LogP contribution >= 0.6 is 0 Å². The lowest BCUT2D eigenvalue weighted by atomic mass is 10.1. The second kappa shape index (κ2) is 8.66. The van der Waals surface area contributed by atoms with Gasteiger partial charge in [-0.05, 0) is 42.0 Å². The number of carboxylic acids is 1. The summed E-state index contributed by atoms with van der Waals surface area (Å²) < 4.78 is 1.75. The van der Waals surface area contributed by atoms with Crippen LogP contribution in [0.25, 0.3) is 22.5 Å². The van der Waals surface area contributed by atoms with Gasteiger partial charge in [-0.3, -0.25) is 24.4 Å². The molecule has 4 heterocycles. The second-order valence-electron chi connectivity index (χ2n) is 8.84. The molecule has 4 aromatic rings. The molecule has 9 heteroatoms. The van der Waals surface area contributed by atoms with E-state index in [0.29, 0.717) is 12.2 Å². The summed E-state index contributed by atoms with van der Waals surface area (Å²) >= 11 is 0. The van der Waals surface area contributed by atoms with Crippen molar-refractivity contribution in [3.8, 4) is 22.5 Å². The molecule has 0 spiro atoms. The van der Waals surface area contributed by atoms with Crippen LogP contribution in [0.2, 0.25) is 0 Å². The zero-order chi connectivity index (χ0) is 23.8. The highest BCUT2D eigenvalue weighted by Crippen LogP contribution is 2.47. The van der Waals surface area contributed by atoms with Crippen LogP contribution in [0.3, 0.4) is 0 Å². The first-order chi connectivity index (χ1) is 16.4. The smallest absolute Gasteiger partial charge is 0.307 e. The molecule has 4 aromatic heterocycles. The topological polar surface area (TPSA) is 119 Å². The summed E-state index contributed by atoms with van der Waals surface area (Å²) in [7, 11) is 1.86. The largest absolute Gasteiger partial charge is 0.481 e. The van der Waals surface area contributed by atoms with Crippen LogP contribution in [0.15, 0.2) is 55.2 Å². The van der Waals surface area contributed by atoms with E-state index in [1.807, 2.05) is 31.3 Å². The molecule has 2 N–H and O–H groups in total. The normalized spacial score (nSPS) is 17.1. The molecule has 0 radical (unpaired) electrons. The van der Waals surface area contributed by atoms with E-state index in [1.165, 1.54) is 0 Å². The summed E-state index contributed by atoms with van der Waals surface area (Å²) in [5.41, 5.74) is 5.18. The number of carboxylic acid groups (broad SMARTS) is 1. The predicted octanol–water partition coefficient (Wildman–Crippen LogP) is 4.39. The monoisotopic (exact) mass is 455 g/mol. The maximum absolute atomic E-state index is 11.1. The van der Waals surface area contributed by atoms with Crippen molar-refractivity contribution in [3.05, 3.63) is 66.5 Å². The molecule has 0 amide bonds. The Kier molecular flexibility index (Phi) is 5.53. The summed E-state index contributed by atoms with van der Waals surface area (Å²) in [4.78, 5) is 29.2. The quantitative estimate of drug-likeness (QED) is 0.421. The molecule has 2 atom stereocenters. The van der Waals surface area contributed by atoms with E-state index in [-0.39, 0.29) is 17.8 Å². The Balaban J connectivity index is 1.35. The first kappa shape index (κ1) is 21.7. The molecule has 1 saturated carbocycles. The number of aliphatic carboxylic acids is 1. The van der Waals surface area contributed by atoms with Gasteiger partial charge in [-0.2, -0.15) is 5.10 Å². The Morgan fingerprint density at radius 3 is 2.50 bits per heavy atom. The van der Waals surface area contributed by atoms with E-state index in [4.69, 9.17) is 5.11 Å². The van der Waals surface area contributed by atoms with Gasteiger partial charge >= 0.3 is 5.97 Å². The molecule has 172 valence electrons. The average molecular weight is 456 g/mol. The van der Waals surface area contributed by atoms with Crippen molar-refractivity contribution in [1.29, 1.82) is 0 Å². The molecule has 0 aromatic carbocycles. The number of pyridine rings is 2. The second-order valence-corrected chi connectivity index (χ2v) is 8.84. The molecule has 1 aliphatic rings. The number of aryl methyl sites for hydroxylation is 1. The Bertz CT molecular complexity index is 1330. The molecule has 0 bridgehead atoms. The van der Waals surface area contributed by atoms with Crippen molar-refractivity contribution in [2.24, 2.45) is 13.0 Å². The van der Waals surface area contributed by atoms with Gasteiger partial charge in [-0.25, -0.2) is 4.98 Å². The molecule has 2 unspecified atom stereocenters. The highest BCUT2D eigenvalue weighted by Gasteiger charge is 2.44. The lowest BCUT2D eigenvalue weighted by Gasteiger charge is -2.11. The van der Waals surface area contributed by atoms with E-state index >= 15 is 0 Å². The number of nitrogens with zero attached hydrogens (tertiary/aromatic N) is 6. The predicted molar refractivity (Wildman–Crippen MR) is 128 cm³/mol. The van der Waals surface area contributed by atoms with Crippen LogP contribution in [-0.4, -0.2) is 40.8 Å². The molecular weight excluding hydrogens is 430 g/mol. The van der Waals surface area contributed by atoms with Crippen LogP contribution in [0.4, 0.5) is 11.6 Å². The first-order valence-corrected chi connectivity index (χ1v) is 11.2. The lowest BCUT2D eigenvalue weighted by molar-refractivity contribution is -0.138. The van der Waals surface area contributed by atoms with Gasteiger partial charge in [0, 0.05) is 31.2 Å². The van der Waals surface area contributed by atoms with Crippen molar-refractivity contribution in [3.63, 3.8) is 0 Å². The minimum Gasteiger partial charge on any atom is -0.481 e. The number of aromatic nitrogens is 6. The van der Waals surface area contributed by atoms with Gasteiger partial charge in [0.25, 0.3) is 0 Å². The fourth-order valence-electron chi connectivity index (χ4n) is 3.95. The molecule has 5 rings (SSSR count). The number of hydrogen-bond acceptors (Lipinski definition) is 7. The van der Waals surface area contributed by atoms with Gasteiger partial charge in [-0.1, -0.05) is 19.9 Å². The van der Waals surface area contributed by atoms with E-state index in [1.54, 1.807) is 35.7 Å². The van der Waals surface area contributed by atoms with E-state index < -0.39 is 5.97 Å². The lowest BCUT2D eigenvalue weighted by Crippen LogP contribution is -2.04.